The Balaban J connectivity index is 1.53. The van der Waals surface area contributed by atoms with Crippen molar-refractivity contribution in [2.24, 2.45) is 0 Å². The average Bonchev–Trinajstić information content (AvgIpc) is 3.30. The van der Waals surface area contributed by atoms with Crippen LogP contribution in [-0.4, -0.2) is 16.0 Å². The summed E-state index contributed by atoms with van der Waals surface area (Å²) in [6, 6.07) is 13.6. The molecule has 2 heterocycles. The normalized spacial score (nSPS) is 12.1. The van der Waals surface area contributed by atoms with Crippen LogP contribution in [0.3, 0.4) is 0 Å². The summed E-state index contributed by atoms with van der Waals surface area (Å²) in [5.41, 5.74) is 5.26. The van der Waals surface area contributed by atoms with Crippen LogP contribution in [0.1, 0.15) is 29.2 Å². The lowest BCUT2D eigenvalue weighted by Gasteiger charge is -2.14. The van der Waals surface area contributed by atoms with Crippen molar-refractivity contribution in [2.75, 3.05) is 6.61 Å². The predicted molar refractivity (Wildman–Crippen MR) is 138 cm³/mol. The fraction of sp³-hybridized carbons (Fsp3) is 0.185. The molecule has 0 amide bonds. The van der Waals surface area contributed by atoms with Crippen LogP contribution < -0.4 is 19.6 Å². The second-order valence-electron chi connectivity index (χ2n) is 8.25. The van der Waals surface area contributed by atoms with E-state index in [0.717, 1.165) is 27.7 Å². The minimum Gasteiger partial charge on any atom is -0.490 e. The summed E-state index contributed by atoms with van der Waals surface area (Å²) < 4.78 is 27.1. The second-order valence-corrected chi connectivity index (χ2v) is 9.67. The van der Waals surface area contributed by atoms with Gasteiger partial charge in [0.25, 0.3) is 5.56 Å². The Labute approximate surface area is 210 Å². The quantitative estimate of drug-likeness (QED) is 0.289. The molecule has 0 N–H and O–H groups in total. The number of imidazole rings is 1. The van der Waals surface area contributed by atoms with Gasteiger partial charge in [-0.05, 0) is 85.5 Å². The van der Waals surface area contributed by atoms with Gasteiger partial charge in [0.1, 0.15) is 12.4 Å². The van der Waals surface area contributed by atoms with E-state index in [9.17, 15) is 9.18 Å². The topological polar surface area (TPSA) is 52.8 Å². The predicted octanol–water partition coefficient (Wildman–Crippen LogP) is 5.84. The molecule has 2 aromatic heterocycles. The van der Waals surface area contributed by atoms with Crippen LogP contribution in [0.15, 0.2) is 53.3 Å². The Bertz CT molecular complexity index is 1680. The molecule has 0 radical (unpaired) electrons. The highest BCUT2D eigenvalue weighted by atomic mass is 35.5. The number of hydrogen-bond donors (Lipinski definition) is 0. The lowest BCUT2D eigenvalue weighted by molar-refractivity contribution is 0.269. The Morgan fingerprint density at radius 3 is 2.57 bits per heavy atom. The summed E-state index contributed by atoms with van der Waals surface area (Å²) in [6.07, 6.45) is 1.78. The van der Waals surface area contributed by atoms with Gasteiger partial charge in [-0.25, -0.2) is 13.8 Å². The first-order chi connectivity index (χ1) is 16.8. The van der Waals surface area contributed by atoms with E-state index in [2.05, 4.69) is 4.98 Å². The van der Waals surface area contributed by atoms with E-state index in [0.29, 0.717) is 38.2 Å². The molecule has 0 fully saturated rings. The van der Waals surface area contributed by atoms with E-state index in [1.807, 2.05) is 32.9 Å². The molecule has 3 aromatic carbocycles. The van der Waals surface area contributed by atoms with E-state index in [1.54, 1.807) is 34.7 Å². The minimum atomic E-state index is -0.307. The zero-order valence-electron chi connectivity index (χ0n) is 19.4. The maximum atomic E-state index is 13.2. The van der Waals surface area contributed by atoms with Crippen molar-refractivity contribution in [3.8, 4) is 11.5 Å². The maximum Gasteiger partial charge on any atom is 0.274 e. The average molecular weight is 509 g/mol. The third kappa shape index (κ3) is 4.49. The molecule has 5 aromatic rings. The zero-order valence-corrected chi connectivity index (χ0v) is 21.0. The van der Waals surface area contributed by atoms with Crippen molar-refractivity contribution in [3.05, 3.63) is 96.5 Å². The number of benzene rings is 3. The first-order valence-corrected chi connectivity index (χ1v) is 12.3. The largest absolute Gasteiger partial charge is 0.490 e. The first-order valence-electron chi connectivity index (χ1n) is 11.1. The van der Waals surface area contributed by atoms with Gasteiger partial charge in [-0.1, -0.05) is 35.1 Å². The Morgan fingerprint density at radius 2 is 1.83 bits per heavy atom. The van der Waals surface area contributed by atoms with E-state index < -0.39 is 0 Å². The third-order valence-corrected chi connectivity index (χ3v) is 7.03. The van der Waals surface area contributed by atoms with Gasteiger partial charge < -0.3 is 9.47 Å². The Kier molecular flexibility index (Phi) is 6.21. The number of hydrogen-bond acceptors (Lipinski definition) is 5. The highest BCUT2D eigenvalue weighted by Gasteiger charge is 2.15. The zero-order chi connectivity index (χ0) is 24.7. The minimum absolute atomic E-state index is 0.124. The summed E-state index contributed by atoms with van der Waals surface area (Å²) in [6.45, 7) is 6.55. The van der Waals surface area contributed by atoms with E-state index in [4.69, 9.17) is 21.1 Å². The summed E-state index contributed by atoms with van der Waals surface area (Å²) >= 11 is 7.89. The fourth-order valence-electron chi connectivity index (χ4n) is 3.88. The second kappa shape index (κ2) is 9.32. The standard InChI is InChI=1S/C27H22ClFN2O3S/c1-4-33-23-12-18(11-20(28)25(23)34-14-17-5-7-19(29)8-6-17)13-24-26(32)31-22-10-16(3)15(2)9-21(22)30-27(31)35-24/h5-13H,4,14H2,1-3H3/b24-13-. The molecule has 5 rings (SSSR count). The van der Waals surface area contributed by atoms with Gasteiger partial charge >= 0.3 is 0 Å². The van der Waals surface area contributed by atoms with Gasteiger partial charge in [-0.2, -0.15) is 0 Å². The highest BCUT2D eigenvalue weighted by Crippen LogP contribution is 2.37. The lowest BCUT2D eigenvalue weighted by Crippen LogP contribution is -2.22. The number of nitrogens with zero attached hydrogens (tertiary/aromatic N) is 2. The number of rotatable bonds is 6. The van der Waals surface area contributed by atoms with Crippen molar-refractivity contribution < 1.29 is 13.9 Å². The smallest absolute Gasteiger partial charge is 0.274 e. The molecule has 0 saturated heterocycles. The molecule has 0 atom stereocenters. The molecule has 178 valence electrons. The number of aryl methyl sites for hydroxylation is 2. The van der Waals surface area contributed by atoms with Crippen LogP contribution in [0, 0.1) is 19.7 Å². The molecule has 0 aliphatic rings. The molecular weight excluding hydrogens is 487 g/mol. The number of fused-ring (bicyclic) bond motifs is 3. The van der Waals surface area contributed by atoms with Gasteiger partial charge in [-0.15, -0.1) is 0 Å². The van der Waals surface area contributed by atoms with Crippen molar-refractivity contribution in [3.63, 3.8) is 0 Å². The molecule has 5 nitrogen and oxygen atoms in total. The molecule has 0 aliphatic carbocycles. The summed E-state index contributed by atoms with van der Waals surface area (Å²) in [5.74, 6) is 0.563. The fourth-order valence-corrected chi connectivity index (χ4v) is 5.14. The lowest BCUT2D eigenvalue weighted by atomic mass is 10.1. The van der Waals surface area contributed by atoms with Crippen LogP contribution in [-0.2, 0) is 6.61 Å². The van der Waals surface area contributed by atoms with E-state index in [1.165, 1.54) is 23.5 Å². The summed E-state index contributed by atoms with van der Waals surface area (Å²) in [7, 11) is 0. The van der Waals surface area contributed by atoms with E-state index >= 15 is 0 Å². The van der Waals surface area contributed by atoms with Crippen LogP contribution in [0.2, 0.25) is 5.02 Å². The van der Waals surface area contributed by atoms with Crippen molar-refractivity contribution in [1.29, 1.82) is 0 Å². The van der Waals surface area contributed by atoms with Crippen molar-refractivity contribution >= 4 is 45.0 Å². The molecule has 0 aliphatic heterocycles. The maximum absolute atomic E-state index is 13.2. The molecule has 0 spiro atoms. The monoisotopic (exact) mass is 508 g/mol. The van der Waals surface area contributed by atoms with Crippen LogP contribution in [0.4, 0.5) is 4.39 Å². The number of ether oxygens (including phenoxy) is 2. The van der Waals surface area contributed by atoms with E-state index in [-0.39, 0.29) is 18.0 Å². The van der Waals surface area contributed by atoms with Gasteiger partial charge in [0, 0.05) is 0 Å². The summed E-state index contributed by atoms with van der Waals surface area (Å²) in [4.78, 5) is 18.5. The van der Waals surface area contributed by atoms with Crippen LogP contribution >= 0.6 is 22.9 Å². The molecule has 0 unspecified atom stereocenters. The highest BCUT2D eigenvalue weighted by molar-refractivity contribution is 7.15. The molecular formula is C27H22ClFN2O3S. The van der Waals surface area contributed by atoms with Crippen molar-refractivity contribution in [2.45, 2.75) is 27.4 Å². The SMILES string of the molecule is CCOc1cc(/C=c2\sc3nc4cc(C)c(C)cc4n3c2=O)cc(Cl)c1OCc1ccc(F)cc1. The van der Waals surface area contributed by atoms with Crippen LogP contribution in [0.25, 0.3) is 22.1 Å². The van der Waals surface area contributed by atoms with Gasteiger partial charge in [0.2, 0.25) is 0 Å². The number of aromatic nitrogens is 2. The molecule has 0 bridgehead atoms. The first kappa shape index (κ1) is 23.3. The third-order valence-electron chi connectivity index (χ3n) is 5.78. The Morgan fingerprint density at radius 1 is 1.09 bits per heavy atom. The Hall–Kier alpha value is -3.42. The number of thiazole rings is 1. The molecule has 35 heavy (non-hydrogen) atoms. The van der Waals surface area contributed by atoms with Gasteiger partial charge in [0.05, 0.1) is 27.2 Å². The van der Waals surface area contributed by atoms with Gasteiger partial charge in [-0.3, -0.25) is 4.79 Å². The molecule has 8 heteroatoms. The van der Waals surface area contributed by atoms with Crippen LogP contribution in [0.5, 0.6) is 11.5 Å². The summed E-state index contributed by atoms with van der Waals surface area (Å²) in [5, 5.41) is 0.356. The van der Waals surface area contributed by atoms with Gasteiger partial charge in [0.15, 0.2) is 16.5 Å². The van der Waals surface area contributed by atoms with Crippen molar-refractivity contribution in [1.82, 2.24) is 9.38 Å². The number of halogens is 2. The molecule has 0 saturated carbocycles.